The highest BCUT2D eigenvalue weighted by atomic mass is 32.1. The summed E-state index contributed by atoms with van der Waals surface area (Å²) in [4.78, 5) is 9.72. The quantitative estimate of drug-likeness (QED) is 0.619. The Morgan fingerprint density at radius 2 is 1.96 bits per heavy atom. The number of aromatic nitrogens is 2. The van der Waals surface area contributed by atoms with E-state index in [9.17, 15) is 8.78 Å². The van der Waals surface area contributed by atoms with Crippen LogP contribution in [-0.4, -0.2) is 9.97 Å². The summed E-state index contributed by atoms with van der Waals surface area (Å²) >= 11 is 1.50. The van der Waals surface area contributed by atoms with Crippen molar-refractivity contribution >= 4 is 22.2 Å². The molecule has 0 amide bonds. The normalized spacial score (nSPS) is 11.3. The minimum atomic E-state index is -3.02. The maximum atomic E-state index is 13.5. The first-order chi connectivity index (χ1) is 11.5. The Labute approximate surface area is 142 Å². The molecule has 0 aliphatic carbocycles. The van der Waals surface area contributed by atoms with Crippen LogP contribution in [0, 0.1) is 6.92 Å². The second-order valence-electron chi connectivity index (χ2n) is 5.19. The summed E-state index contributed by atoms with van der Waals surface area (Å²) in [6.45, 7) is 5.15. The number of nitrogens with one attached hydrogen (secondary N) is 1. The number of pyridine rings is 1. The Bertz CT molecular complexity index is 842. The second-order valence-corrected chi connectivity index (χ2v) is 6.40. The number of rotatable bonds is 5. The molecule has 0 aliphatic rings. The Morgan fingerprint density at radius 1 is 1.21 bits per heavy atom. The van der Waals surface area contributed by atoms with E-state index in [4.69, 9.17) is 0 Å². The van der Waals surface area contributed by atoms with Gasteiger partial charge >= 0.3 is 0 Å². The van der Waals surface area contributed by atoms with Gasteiger partial charge in [-0.15, -0.1) is 11.3 Å². The summed E-state index contributed by atoms with van der Waals surface area (Å²) in [7, 11) is 0. The highest BCUT2D eigenvalue weighted by molar-refractivity contribution is 7.16. The average Bonchev–Trinajstić information content (AvgIpc) is 2.96. The molecule has 3 rings (SSSR count). The molecule has 0 radical (unpaired) electrons. The third-order valence-corrected chi connectivity index (χ3v) is 4.40. The molecule has 0 spiro atoms. The molecule has 1 N–H and O–H groups in total. The summed E-state index contributed by atoms with van der Waals surface area (Å²) in [5.41, 5.74) is 2.42. The van der Waals surface area contributed by atoms with E-state index in [0.717, 1.165) is 16.1 Å². The lowest BCUT2D eigenvalue weighted by Crippen LogP contribution is -2.08. The molecule has 0 saturated carbocycles. The van der Waals surface area contributed by atoms with Crippen LogP contribution in [-0.2, 0) is 5.92 Å². The first-order valence-electron chi connectivity index (χ1n) is 7.26. The van der Waals surface area contributed by atoms with E-state index in [2.05, 4.69) is 21.9 Å². The third-order valence-electron chi connectivity index (χ3n) is 3.51. The number of nitrogens with zero attached hydrogens (tertiary/aromatic N) is 2. The molecule has 0 aliphatic heterocycles. The van der Waals surface area contributed by atoms with Crippen LogP contribution in [0.2, 0.25) is 0 Å². The van der Waals surface area contributed by atoms with E-state index >= 15 is 0 Å². The summed E-state index contributed by atoms with van der Waals surface area (Å²) in [5.74, 6) is -3.02. The maximum Gasteiger partial charge on any atom is 0.291 e. The SMILES string of the molecule is C=CC(F)(F)c1ccc(Nc2nc(-c3cccnc3)c(C)s2)cc1. The van der Waals surface area contributed by atoms with Gasteiger partial charge in [0, 0.05) is 34.1 Å². The van der Waals surface area contributed by atoms with E-state index in [1.165, 1.54) is 23.5 Å². The van der Waals surface area contributed by atoms with Gasteiger partial charge in [-0.3, -0.25) is 4.98 Å². The first-order valence-corrected chi connectivity index (χ1v) is 8.08. The fraction of sp³-hybridized carbons (Fsp3) is 0.111. The zero-order valence-electron chi connectivity index (χ0n) is 13.0. The van der Waals surface area contributed by atoms with E-state index in [1.807, 2.05) is 19.1 Å². The fourth-order valence-corrected chi connectivity index (χ4v) is 3.09. The predicted octanol–water partition coefficient (Wildman–Crippen LogP) is 5.53. The van der Waals surface area contributed by atoms with Crippen LogP contribution >= 0.6 is 11.3 Å². The van der Waals surface area contributed by atoms with Crippen molar-refractivity contribution in [1.82, 2.24) is 9.97 Å². The monoisotopic (exact) mass is 343 g/mol. The van der Waals surface area contributed by atoms with Gasteiger partial charge in [0.25, 0.3) is 5.92 Å². The lowest BCUT2D eigenvalue weighted by atomic mass is 10.1. The number of allylic oxidation sites excluding steroid dienone is 1. The molecule has 1 aromatic carbocycles. The van der Waals surface area contributed by atoms with Crippen molar-refractivity contribution in [1.29, 1.82) is 0 Å². The molecule has 2 heterocycles. The van der Waals surface area contributed by atoms with Gasteiger partial charge in [-0.25, -0.2) is 4.98 Å². The summed E-state index contributed by atoms with van der Waals surface area (Å²) in [6.07, 6.45) is 4.11. The van der Waals surface area contributed by atoms with Crippen molar-refractivity contribution in [2.45, 2.75) is 12.8 Å². The largest absolute Gasteiger partial charge is 0.332 e. The molecule has 24 heavy (non-hydrogen) atoms. The standard InChI is InChI=1S/C18H15F2N3S/c1-3-18(19,20)14-6-8-15(9-7-14)22-17-23-16(12(2)24-17)13-5-4-10-21-11-13/h3-11H,1H2,2H3,(H,22,23). The van der Waals surface area contributed by atoms with Crippen molar-refractivity contribution in [3.8, 4) is 11.3 Å². The molecular weight excluding hydrogens is 328 g/mol. The zero-order valence-corrected chi connectivity index (χ0v) is 13.8. The van der Waals surface area contributed by atoms with Crippen LogP contribution in [0.4, 0.5) is 19.6 Å². The molecule has 0 unspecified atom stereocenters. The molecule has 0 atom stereocenters. The van der Waals surface area contributed by atoms with Crippen LogP contribution in [0.3, 0.4) is 0 Å². The smallest absolute Gasteiger partial charge is 0.291 e. The van der Waals surface area contributed by atoms with Crippen molar-refractivity contribution in [2.75, 3.05) is 5.32 Å². The molecule has 0 saturated heterocycles. The molecule has 0 fully saturated rings. The van der Waals surface area contributed by atoms with Crippen LogP contribution in [0.25, 0.3) is 11.3 Å². The van der Waals surface area contributed by atoms with Gasteiger partial charge in [-0.2, -0.15) is 8.78 Å². The van der Waals surface area contributed by atoms with Crippen molar-refractivity contribution in [2.24, 2.45) is 0 Å². The van der Waals surface area contributed by atoms with E-state index in [-0.39, 0.29) is 5.56 Å². The van der Waals surface area contributed by atoms with Gasteiger partial charge in [-0.1, -0.05) is 18.7 Å². The van der Waals surface area contributed by atoms with Gasteiger partial charge in [0.1, 0.15) is 0 Å². The van der Waals surface area contributed by atoms with Crippen LogP contribution < -0.4 is 5.32 Å². The first kappa shape index (κ1) is 16.3. The van der Waals surface area contributed by atoms with Crippen molar-refractivity contribution < 1.29 is 8.78 Å². The fourth-order valence-electron chi connectivity index (χ4n) is 2.24. The third kappa shape index (κ3) is 3.33. The predicted molar refractivity (Wildman–Crippen MR) is 93.9 cm³/mol. The van der Waals surface area contributed by atoms with Gasteiger partial charge in [0.05, 0.1) is 5.69 Å². The number of anilines is 2. The number of benzene rings is 1. The van der Waals surface area contributed by atoms with Crippen LogP contribution in [0.15, 0.2) is 61.4 Å². The topological polar surface area (TPSA) is 37.8 Å². The average molecular weight is 343 g/mol. The number of thiazole rings is 1. The number of hydrogen-bond acceptors (Lipinski definition) is 4. The maximum absolute atomic E-state index is 13.5. The van der Waals surface area contributed by atoms with E-state index in [1.54, 1.807) is 24.5 Å². The molecule has 6 heteroatoms. The number of halogens is 2. The van der Waals surface area contributed by atoms with Gasteiger partial charge in [0.2, 0.25) is 0 Å². The Kier molecular flexibility index (Phi) is 4.40. The minimum Gasteiger partial charge on any atom is -0.332 e. The molecule has 3 nitrogen and oxygen atoms in total. The highest BCUT2D eigenvalue weighted by Gasteiger charge is 2.26. The zero-order chi connectivity index (χ0) is 17.2. The Morgan fingerprint density at radius 3 is 2.58 bits per heavy atom. The Balaban J connectivity index is 1.81. The summed E-state index contributed by atoms with van der Waals surface area (Å²) in [6, 6.07) is 9.78. The highest BCUT2D eigenvalue weighted by Crippen LogP contribution is 2.33. The van der Waals surface area contributed by atoms with Crippen molar-refractivity contribution in [3.63, 3.8) is 0 Å². The van der Waals surface area contributed by atoms with E-state index in [0.29, 0.717) is 16.9 Å². The number of alkyl halides is 2. The number of aryl methyl sites for hydroxylation is 1. The van der Waals surface area contributed by atoms with Gasteiger partial charge < -0.3 is 5.32 Å². The molecule has 2 aromatic heterocycles. The van der Waals surface area contributed by atoms with Crippen LogP contribution in [0.5, 0.6) is 0 Å². The lowest BCUT2D eigenvalue weighted by Gasteiger charge is -2.12. The van der Waals surface area contributed by atoms with E-state index < -0.39 is 5.92 Å². The van der Waals surface area contributed by atoms with Crippen molar-refractivity contribution in [3.05, 3.63) is 71.9 Å². The second kappa shape index (κ2) is 6.49. The lowest BCUT2D eigenvalue weighted by molar-refractivity contribution is 0.0526. The molecule has 3 aromatic rings. The Hall–Kier alpha value is -2.60. The number of hydrogen-bond donors (Lipinski definition) is 1. The van der Waals surface area contributed by atoms with Crippen LogP contribution in [0.1, 0.15) is 10.4 Å². The molecule has 0 bridgehead atoms. The summed E-state index contributed by atoms with van der Waals surface area (Å²) < 4.78 is 27.1. The minimum absolute atomic E-state index is 0.0885. The summed E-state index contributed by atoms with van der Waals surface area (Å²) in [5, 5.41) is 3.85. The molecular formula is C18H15F2N3S. The van der Waals surface area contributed by atoms with Gasteiger partial charge in [-0.05, 0) is 37.3 Å². The molecule has 122 valence electrons. The van der Waals surface area contributed by atoms with Gasteiger partial charge in [0.15, 0.2) is 5.13 Å².